The Labute approximate surface area is 122 Å². The molecule has 0 N–H and O–H groups in total. The molecule has 1 aromatic rings. The topological polar surface area (TPSA) is 29.5 Å². The molecule has 110 valence electrons. The van der Waals surface area contributed by atoms with Crippen LogP contribution in [0.5, 0.6) is 5.75 Å². The van der Waals surface area contributed by atoms with Crippen LogP contribution in [-0.4, -0.2) is 23.0 Å². The van der Waals surface area contributed by atoms with E-state index in [0.29, 0.717) is 17.8 Å². The third-order valence-corrected chi connectivity index (χ3v) is 3.05. The van der Waals surface area contributed by atoms with Crippen LogP contribution in [-0.2, 0) is 4.79 Å². The number of para-hydroxylation sites is 1. The molecule has 0 heterocycles. The maximum absolute atomic E-state index is 12.0. The van der Waals surface area contributed by atoms with Crippen LogP contribution < -0.4 is 4.74 Å². The number of carbonyl (C=O) groups is 1. The number of ether oxygens (including phenoxy) is 1. The summed E-state index contributed by atoms with van der Waals surface area (Å²) in [6, 6.07) is 9.85. The first kappa shape index (κ1) is 16.3. The Hall–Kier alpha value is -1.77. The zero-order chi connectivity index (χ0) is 15.1. The second-order valence-electron chi connectivity index (χ2n) is 5.32. The lowest BCUT2D eigenvalue weighted by molar-refractivity contribution is -0.129. The monoisotopic (exact) mass is 275 g/mol. The molecule has 0 unspecified atom stereocenters. The molecule has 0 amide bonds. The third kappa shape index (κ3) is 4.72. The molecule has 3 nitrogen and oxygen atoms in total. The number of nitrogens with zero attached hydrogens (tertiary/aromatic N) is 1. The fourth-order valence-electron chi connectivity index (χ4n) is 2.39. The van der Waals surface area contributed by atoms with Crippen molar-refractivity contribution in [3.05, 3.63) is 42.1 Å². The molecule has 0 saturated carbocycles. The summed E-state index contributed by atoms with van der Waals surface area (Å²) in [4.78, 5) is 14.2. The van der Waals surface area contributed by atoms with Crippen molar-refractivity contribution >= 4 is 5.97 Å². The van der Waals surface area contributed by atoms with Gasteiger partial charge in [0.15, 0.2) is 0 Å². The maximum Gasteiger partial charge on any atom is 0.337 e. The van der Waals surface area contributed by atoms with E-state index in [0.717, 1.165) is 12.1 Å². The van der Waals surface area contributed by atoms with E-state index in [9.17, 15) is 4.79 Å². The molecular formula is C17H25NO2. The van der Waals surface area contributed by atoms with Crippen LogP contribution >= 0.6 is 0 Å². The number of hydrogen-bond donors (Lipinski definition) is 0. The molecular weight excluding hydrogens is 250 g/mol. The molecule has 0 aliphatic heterocycles. The second kappa shape index (κ2) is 7.73. The summed E-state index contributed by atoms with van der Waals surface area (Å²) in [5.74, 6) is 0.254. The van der Waals surface area contributed by atoms with Gasteiger partial charge in [0.1, 0.15) is 5.75 Å². The molecule has 0 atom stereocenters. The highest BCUT2D eigenvalue weighted by atomic mass is 16.5. The molecule has 1 rings (SSSR count). The first-order chi connectivity index (χ1) is 9.45. The Morgan fingerprint density at radius 3 is 2.15 bits per heavy atom. The Kier molecular flexibility index (Phi) is 6.29. The summed E-state index contributed by atoms with van der Waals surface area (Å²) >= 11 is 0. The standard InChI is InChI=1S/C17H25NO2/c1-6-15(18(13(2)3)14(4)5)12-17(19)20-16-10-8-7-9-11-16/h7-14H,6H2,1-5H3/b15-12+. The van der Waals surface area contributed by atoms with E-state index in [-0.39, 0.29) is 5.97 Å². The van der Waals surface area contributed by atoms with E-state index >= 15 is 0 Å². The van der Waals surface area contributed by atoms with E-state index in [1.54, 1.807) is 18.2 Å². The van der Waals surface area contributed by atoms with Crippen molar-refractivity contribution in [3.63, 3.8) is 0 Å². The van der Waals surface area contributed by atoms with E-state index in [4.69, 9.17) is 4.74 Å². The average molecular weight is 275 g/mol. The van der Waals surface area contributed by atoms with Crippen LogP contribution in [0, 0.1) is 0 Å². The van der Waals surface area contributed by atoms with Crippen LogP contribution in [0.15, 0.2) is 42.1 Å². The van der Waals surface area contributed by atoms with Gasteiger partial charge in [-0.05, 0) is 46.2 Å². The normalized spacial score (nSPS) is 11.8. The van der Waals surface area contributed by atoms with Gasteiger partial charge in [-0.25, -0.2) is 4.79 Å². The van der Waals surface area contributed by atoms with Crippen LogP contribution in [0.25, 0.3) is 0 Å². The predicted octanol–water partition coefficient (Wildman–Crippen LogP) is 4.00. The Morgan fingerprint density at radius 2 is 1.70 bits per heavy atom. The zero-order valence-electron chi connectivity index (χ0n) is 13.1. The van der Waals surface area contributed by atoms with E-state index in [1.165, 1.54) is 0 Å². The van der Waals surface area contributed by atoms with Gasteiger partial charge in [0.05, 0.1) is 0 Å². The molecule has 0 aliphatic rings. The summed E-state index contributed by atoms with van der Waals surface area (Å²) in [7, 11) is 0. The van der Waals surface area contributed by atoms with Crippen LogP contribution in [0.3, 0.4) is 0 Å². The van der Waals surface area contributed by atoms with Gasteiger partial charge in [0.25, 0.3) is 0 Å². The first-order valence-corrected chi connectivity index (χ1v) is 7.21. The number of esters is 1. The van der Waals surface area contributed by atoms with Crippen molar-refractivity contribution in [1.29, 1.82) is 0 Å². The van der Waals surface area contributed by atoms with Gasteiger partial charge in [0.2, 0.25) is 0 Å². The van der Waals surface area contributed by atoms with Crippen molar-refractivity contribution in [2.45, 2.75) is 53.1 Å². The smallest absolute Gasteiger partial charge is 0.337 e. The van der Waals surface area contributed by atoms with E-state index < -0.39 is 0 Å². The molecule has 0 fully saturated rings. The van der Waals surface area contributed by atoms with Gasteiger partial charge in [-0.15, -0.1) is 0 Å². The summed E-state index contributed by atoms with van der Waals surface area (Å²) in [5, 5.41) is 0. The zero-order valence-corrected chi connectivity index (χ0v) is 13.1. The number of carbonyl (C=O) groups excluding carboxylic acids is 1. The van der Waals surface area contributed by atoms with Crippen molar-refractivity contribution in [2.24, 2.45) is 0 Å². The summed E-state index contributed by atoms with van der Waals surface area (Å²) < 4.78 is 5.31. The molecule has 0 aromatic heterocycles. The lowest BCUT2D eigenvalue weighted by Crippen LogP contribution is -2.36. The lowest BCUT2D eigenvalue weighted by Gasteiger charge is -2.34. The fourth-order valence-corrected chi connectivity index (χ4v) is 2.39. The van der Waals surface area contributed by atoms with Crippen molar-refractivity contribution in [1.82, 2.24) is 4.90 Å². The van der Waals surface area contributed by atoms with Gasteiger partial charge in [0, 0.05) is 23.9 Å². The first-order valence-electron chi connectivity index (χ1n) is 7.21. The van der Waals surface area contributed by atoms with Gasteiger partial charge in [-0.1, -0.05) is 25.1 Å². The summed E-state index contributed by atoms with van der Waals surface area (Å²) in [6.45, 7) is 10.6. The Morgan fingerprint density at radius 1 is 1.15 bits per heavy atom. The second-order valence-corrected chi connectivity index (χ2v) is 5.32. The summed E-state index contributed by atoms with van der Waals surface area (Å²) in [5.41, 5.74) is 1.01. The van der Waals surface area contributed by atoms with E-state index in [1.807, 2.05) is 18.2 Å². The number of hydrogen-bond acceptors (Lipinski definition) is 3. The minimum absolute atomic E-state index is 0.320. The van der Waals surface area contributed by atoms with Crippen molar-refractivity contribution in [2.75, 3.05) is 0 Å². The lowest BCUT2D eigenvalue weighted by atomic mass is 10.1. The van der Waals surface area contributed by atoms with Crippen LogP contribution in [0.4, 0.5) is 0 Å². The molecule has 0 aliphatic carbocycles. The Bertz CT molecular complexity index is 441. The molecule has 0 saturated heterocycles. The SMILES string of the molecule is CC/C(=C\C(=O)Oc1ccccc1)N(C(C)C)C(C)C. The quantitative estimate of drug-likeness (QED) is 0.446. The van der Waals surface area contributed by atoms with Crippen LogP contribution in [0.2, 0.25) is 0 Å². The fraction of sp³-hybridized carbons (Fsp3) is 0.471. The summed E-state index contributed by atoms with van der Waals surface area (Å²) in [6.07, 6.45) is 2.41. The molecule has 3 heteroatoms. The highest BCUT2D eigenvalue weighted by Gasteiger charge is 2.17. The third-order valence-electron chi connectivity index (χ3n) is 3.05. The highest BCUT2D eigenvalue weighted by Crippen LogP contribution is 2.18. The minimum Gasteiger partial charge on any atom is -0.423 e. The molecule has 1 aromatic carbocycles. The molecule has 0 spiro atoms. The maximum atomic E-state index is 12.0. The Balaban J connectivity index is 2.85. The largest absolute Gasteiger partial charge is 0.423 e. The van der Waals surface area contributed by atoms with Crippen LogP contribution in [0.1, 0.15) is 41.0 Å². The molecule has 0 radical (unpaired) electrons. The highest BCUT2D eigenvalue weighted by molar-refractivity contribution is 5.84. The number of benzene rings is 1. The molecule has 20 heavy (non-hydrogen) atoms. The average Bonchev–Trinajstić information content (AvgIpc) is 2.38. The van der Waals surface area contributed by atoms with Gasteiger partial charge in [-0.3, -0.25) is 0 Å². The van der Waals surface area contributed by atoms with E-state index in [2.05, 4.69) is 39.5 Å². The number of rotatable bonds is 6. The van der Waals surface area contributed by atoms with Crippen molar-refractivity contribution < 1.29 is 9.53 Å². The van der Waals surface area contributed by atoms with Gasteiger partial charge < -0.3 is 9.64 Å². The van der Waals surface area contributed by atoms with Crippen molar-refractivity contribution in [3.8, 4) is 5.75 Å². The predicted molar refractivity (Wildman–Crippen MR) is 82.6 cm³/mol. The number of allylic oxidation sites excluding steroid dienone is 1. The van der Waals surface area contributed by atoms with Gasteiger partial charge >= 0.3 is 5.97 Å². The minimum atomic E-state index is -0.320. The molecule has 0 bridgehead atoms. The van der Waals surface area contributed by atoms with Gasteiger partial charge in [-0.2, -0.15) is 0 Å².